The van der Waals surface area contributed by atoms with E-state index in [1.165, 1.54) is 0 Å². The van der Waals surface area contributed by atoms with Crippen LogP contribution in [0.3, 0.4) is 0 Å². The first kappa shape index (κ1) is 14.0. The first-order valence-corrected chi connectivity index (χ1v) is 6.31. The molecule has 0 amide bonds. The summed E-state index contributed by atoms with van der Waals surface area (Å²) in [5.41, 5.74) is -0.725. The number of sulfonamides is 1. The van der Waals surface area contributed by atoms with Crippen molar-refractivity contribution in [2.75, 3.05) is 0 Å². The minimum atomic E-state index is -4.59. The van der Waals surface area contributed by atoms with Gasteiger partial charge in [-0.3, -0.25) is 0 Å². The molecule has 0 atom stereocenters. The Hall–Kier alpha value is -1.08. The fourth-order valence-corrected chi connectivity index (χ4v) is 1.87. The molecule has 0 radical (unpaired) electrons. The number of nitrogens with two attached hydrogens (primary N) is 1. The lowest BCUT2D eigenvalue weighted by Crippen LogP contribution is -2.15. The average Bonchev–Trinajstić information content (AvgIpc) is 2.14. The maximum absolute atomic E-state index is 12.6. The van der Waals surface area contributed by atoms with Crippen LogP contribution in [-0.2, 0) is 16.2 Å². The summed E-state index contributed by atoms with van der Waals surface area (Å²) >= 11 is 0. The number of alkyl halides is 3. The molecule has 0 aliphatic heterocycles. The quantitative estimate of drug-likeness (QED) is 0.894. The number of halogens is 3. The molecule has 0 aromatic heterocycles. The Morgan fingerprint density at radius 1 is 1.18 bits per heavy atom. The maximum Gasteiger partial charge on any atom is 0.416 e. The van der Waals surface area contributed by atoms with Gasteiger partial charge in [-0.25, -0.2) is 13.6 Å². The van der Waals surface area contributed by atoms with Crippen LogP contribution in [0.5, 0.6) is 0 Å². The monoisotopic (exact) mass is 267 g/mol. The van der Waals surface area contributed by atoms with E-state index in [1.54, 1.807) is 13.8 Å². The van der Waals surface area contributed by atoms with Crippen molar-refractivity contribution in [3.8, 4) is 0 Å². The molecule has 0 fully saturated rings. The minimum absolute atomic E-state index is 0.224. The van der Waals surface area contributed by atoms with Gasteiger partial charge in [0.05, 0.1) is 10.5 Å². The maximum atomic E-state index is 12.6. The molecule has 0 aliphatic carbocycles. The number of hydrogen-bond donors (Lipinski definition) is 1. The van der Waals surface area contributed by atoms with Gasteiger partial charge in [0, 0.05) is 0 Å². The molecular formula is C10H12F3NO2S. The lowest BCUT2D eigenvalue weighted by Gasteiger charge is -2.13. The molecule has 0 bridgehead atoms. The molecular weight excluding hydrogens is 255 g/mol. The number of rotatable bonds is 2. The van der Waals surface area contributed by atoms with Crippen LogP contribution < -0.4 is 5.14 Å². The molecule has 2 N–H and O–H groups in total. The summed E-state index contributed by atoms with van der Waals surface area (Å²) in [7, 11) is -4.14. The minimum Gasteiger partial charge on any atom is -0.225 e. The smallest absolute Gasteiger partial charge is 0.225 e. The summed E-state index contributed by atoms with van der Waals surface area (Å²) in [6.07, 6.45) is -4.59. The van der Waals surface area contributed by atoms with Crippen LogP contribution in [0, 0.1) is 0 Å². The summed E-state index contributed by atoms with van der Waals surface area (Å²) in [6.45, 7) is 3.34. The first-order valence-electron chi connectivity index (χ1n) is 4.77. The second-order valence-corrected chi connectivity index (χ2v) is 5.55. The van der Waals surface area contributed by atoms with E-state index in [-0.39, 0.29) is 11.5 Å². The van der Waals surface area contributed by atoms with Crippen LogP contribution in [0.25, 0.3) is 0 Å². The van der Waals surface area contributed by atoms with Gasteiger partial charge in [-0.05, 0) is 29.7 Å². The highest BCUT2D eigenvalue weighted by Crippen LogP contribution is 2.33. The van der Waals surface area contributed by atoms with Crippen molar-refractivity contribution in [1.29, 1.82) is 0 Å². The molecule has 0 heterocycles. The van der Waals surface area contributed by atoms with Gasteiger partial charge in [0.1, 0.15) is 0 Å². The third kappa shape index (κ3) is 3.44. The molecule has 1 aromatic carbocycles. The van der Waals surface area contributed by atoms with Crippen LogP contribution in [0.2, 0.25) is 0 Å². The van der Waals surface area contributed by atoms with E-state index in [1.807, 2.05) is 0 Å². The Morgan fingerprint density at radius 2 is 1.71 bits per heavy atom. The lowest BCUT2D eigenvalue weighted by molar-refractivity contribution is -0.137. The van der Waals surface area contributed by atoms with Crippen molar-refractivity contribution >= 4 is 10.0 Å². The Labute approximate surface area is 97.5 Å². The van der Waals surface area contributed by atoms with E-state index < -0.39 is 26.7 Å². The second kappa shape index (κ2) is 4.30. The van der Waals surface area contributed by atoms with Crippen molar-refractivity contribution in [1.82, 2.24) is 0 Å². The van der Waals surface area contributed by atoms with Gasteiger partial charge < -0.3 is 0 Å². The van der Waals surface area contributed by atoms with Gasteiger partial charge in [-0.2, -0.15) is 13.2 Å². The summed E-state index contributed by atoms with van der Waals surface area (Å²) in [6, 6.07) is 2.63. The molecule has 96 valence electrons. The molecule has 0 saturated heterocycles. The largest absolute Gasteiger partial charge is 0.416 e. The van der Waals surface area contributed by atoms with Crippen LogP contribution in [-0.4, -0.2) is 8.42 Å². The molecule has 17 heavy (non-hydrogen) atoms. The predicted molar refractivity (Wildman–Crippen MR) is 56.9 cm³/mol. The van der Waals surface area contributed by atoms with Crippen LogP contribution in [0.1, 0.15) is 30.9 Å². The molecule has 0 spiro atoms. The van der Waals surface area contributed by atoms with Gasteiger partial charge in [-0.1, -0.05) is 13.8 Å². The van der Waals surface area contributed by atoms with E-state index in [9.17, 15) is 21.6 Å². The lowest BCUT2D eigenvalue weighted by atomic mass is 10.0. The molecule has 3 nitrogen and oxygen atoms in total. The highest BCUT2D eigenvalue weighted by Gasteiger charge is 2.32. The Morgan fingerprint density at radius 3 is 2.06 bits per heavy atom. The summed E-state index contributed by atoms with van der Waals surface area (Å²) < 4.78 is 59.9. The SMILES string of the molecule is CC(C)c1cc(C(F)(F)F)cc(S(N)(=O)=O)c1. The normalized spacial score (nSPS) is 13.1. The van der Waals surface area contributed by atoms with Gasteiger partial charge in [0.25, 0.3) is 0 Å². The fraction of sp³-hybridized carbons (Fsp3) is 0.400. The van der Waals surface area contributed by atoms with Crippen molar-refractivity contribution in [3.63, 3.8) is 0 Å². The third-order valence-corrected chi connectivity index (χ3v) is 3.14. The predicted octanol–water partition coefficient (Wildman–Crippen LogP) is 2.48. The zero-order valence-electron chi connectivity index (χ0n) is 9.25. The molecule has 0 unspecified atom stereocenters. The topological polar surface area (TPSA) is 60.2 Å². The van der Waals surface area contributed by atoms with Crippen molar-refractivity contribution in [2.24, 2.45) is 5.14 Å². The molecule has 1 aromatic rings. The Kier molecular flexibility index (Phi) is 3.54. The highest BCUT2D eigenvalue weighted by atomic mass is 32.2. The van der Waals surface area contributed by atoms with Crippen molar-refractivity contribution < 1.29 is 21.6 Å². The molecule has 0 saturated carbocycles. The highest BCUT2D eigenvalue weighted by molar-refractivity contribution is 7.89. The Bertz CT molecular complexity index is 521. The van der Waals surface area contributed by atoms with Gasteiger partial charge >= 0.3 is 6.18 Å². The molecule has 1 rings (SSSR count). The standard InChI is InChI=1S/C10H12F3NO2S/c1-6(2)7-3-8(10(11,12)13)5-9(4-7)17(14,15)16/h3-6H,1-2H3,(H2,14,15,16). The molecule has 0 aliphatic rings. The second-order valence-electron chi connectivity index (χ2n) is 3.99. The number of benzene rings is 1. The zero-order valence-corrected chi connectivity index (χ0v) is 10.1. The number of hydrogen-bond acceptors (Lipinski definition) is 2. The summed E-state index contributed by atoms with van der Waals surface area (Å²) in [4.78, 5) is -0.518. The third-order valence-electron chi connectivity index (χ3n) is 2.25. The van der Waals surface area contributed by atoms with E-state index in [2.05, 4.69) is 0 Å². The summed E-state index contributed by atoms with van der Waals surface area (Å²) in [5, 5.41) is 4.84. The average molecular weight is 267 g/mol. The van der Waals surface area contributed by atoms with Crippen molar-refractivity contribution in [2.45, 2.75) is 30.8 Å². The van der Waals surface area contributed by atoms with Crippen LogP contribution >= 0.6 is 0 Å². The first-order chi connectivity index (χ1) is 7.51. The van der Waals surface area contributed by atoms with E-state index in [0.29, 0.717) is 6.07 Å². The fourth-order valence-electron chi connectivity index (χ4n) is 1.28. The van der Waals surface area contributed by atoms with Gasteiger partial charge in [-0.15, -0.1) is 0 Å². The van der Waals surface area contributed by atoms with Crippen LogP contribution in [0.4, 0.5) is 13.2 Å². The summed E-state index contributed by atoms with van der Waals surface area (Å²) in [5.74, 6) is -0.224. The van der Waals surface area contributed by atoms with Crippen LogP contribution in [0.15, 0.2) is 23.1 Å². The van der Waals surface area contributed by atoms with Crippen molar-refractivity contribution in [3.05, 3.63) is 29.3 Å². The number of primary sulfonamides is 1. The van der Waals surface area contributed by atoms with Gasteiger partial charge in [0.2, 0.25) is 10.0 Å². The van der Waals surface area contributed by atoms with Gasteiger partial charge in [0.15, 0.2) is 0 Å². The van der Waals surface area contributed by atoms with E-state index in [4.69, 9.17) is 5.14 Å². The van der Waals surface area contributed by atoms with E-state index in [0.717, 1.165) is 12.1 Å². The van der Waals surface area contributed by atoms with E-state index >= 15 is 0 Å². The molecule has 7 heteroatoms. The zero-order chi connectivity index (χ0) is 13.4. The Balaban J connectivity index is 3.51.